The van der Waals surface area contributed by atoms with Crippen LogP contribution < -0.4 is 9.47 Å². The normalized spacial score (nSPS) is 11.2. The summed E-state index contributed by atoms with van der Waals surface area (Å²) in [5.74, 6) is 2.03. The number of ether oxygens (including phenoxy) is 2. The van der Waals surface area contributed by atoms with E-state index in [-0.39, 0.29) is 0 Å². The van der Waals surface area contributed by atoms with Crippen LogP contribution in [0.3, 0.4) is 0 Å². The van der Waals surface area contributed by atoms with Crippen molar-refractivity contribution in [1.82, 2.24) is 19.5 Å². The molecule has 0 N–H and O–H groups in total. The smallest absolute Gasteiger partial charge is 0.199 e. The van der Waals surface area contributed by atoms with Gasteiger partial charge in [0, 0.05) is 16.1 Å². The van der Waals surface area contributed by atoms with Gasteiger partial charge in [-0.1, -0.05) is 40.2 Å². The zero-order valence-electron chi connectivity index (χ0n) is 16.3. The standard InChI is InChI=1S/C23H17BrN4O2/c1-29-19-11-10-16(13-20(19)30-2)28-22(14-6-5-7-15(24)12-14)27-21-23(28)26-18-9-4-3-8-17(18)25-21/h3-13H,1-2H3. The Bertz CT molecular complexity index is 1400. The van der Waals surface area contributed by atoms with E-state index < -0.39 is 0 Å². The third-order valence-electron chi connectivity index (χ3n) is 4.88. The lowest BCUT2D eigenvalue weighted by atomic mass is 10.2. The molecule has 5 aromatic rings. The highest BCUT2D eigenvalue weighted by Gasteiger charge is 2.19. The molecule has 2 aromatic heterocycles. The molecule has 0 spiro atoms. The Morgan fingerprint density at radius 1 is 0.767 bits per heavy atom. The van der Waals surface area contributed by atoms with Crippen LogP contribution in [0.2, 0.25) is 0 Å². The Hall–Kier alpha value is -3.45. The molecule has 0 aliphatic carbocycles. The zero-order valence-corrected chi connectivity index (χ0v) is 17.9. The van der Waals surface area contributed by atoms with Crippen molar-refractivity contribution in [3.05, 3.63) is 71.2 Å². The topological polar surface area (TPSA) is 62.1 Å². The summed E-state index contributed by atoms with van der Waals surface area (Å²) in [5, 5.41) is 0. The second-order valence-corrected chi connectivity index (χ2v) is 7.60. The van der Waals surface area contributed by atoms with Gasteiger partial charge < -0.3 is 9.47 Å². The fourth-order valence-electron chi connectivity index (χ4n) is 3.49. The van der Waals surface area contributed by atoms with Gasteiger partial charge in [0.25, 0.3) is 0 Å². The van der Waals surface area contributed by atoms with Crippen molar-refractivity contribution in [2.45, 2.75) is 0 Å². The van der Waals surface area contributed by atoms with E-state index in [2.05, 4.69) is 15.9 Å². The van der Waals surface area contributed by atoms with Crippen LogP contribution in [0, 0.1) is 0 Å². The molecule has 0 atom stereocenters. The quantitative estimate of drug-likeness (QED) is 0.358. The first-order valence-corrected chi connectivity index (χ1v) is 10.1. The molecule has 7 heteroatoms. The van der Waals surface area contributed by atoms with Crippen LogP contribution in [0.1, 0.15) is 0 Å². The van der Waals surface area contributed by atoms with Crippen LogP contribution in [-0.2, 0) is 0 Å². The monoisotopic (exact) mass is 460 g/mol. The second-order valence-electron chi connectivity index (χ2n) is 6.68. The minimum absolute atomic E-state index is 0.582. The molecular formula is C23H17BrN4O2. The lowest BCUT2D eigenvalue weighted by Crippen LogP contribution is -2.01. The van der Waals surface area contributed by atoms with Crippen LogP contribution in [0.25, 0.3) is 39.4 Å². The first-order valence-electron chi connectivity index (χ1n) is 9.31. The first-order chi connectivity index (χ1) is 14.7. The van der Waals surface area contributed by atoms with Crippen LogP contribution in [0.5, 0.6) is 11.5 Å². The predicted octanol–water partition coefficient (Wildman–Crippen LogP) is 5.42. The minimum atomic E-state index is 0.582. The van der Waals surface area contributed by atoms with Gasteiger partial charge in [-0.25, -0.2) is 15.0 Å². The fraction of sp³-hybridized carbons (Fsp3) is 0.0870. The van der Waals surface area contributed by atoms with E-state index in [1.165, 1.54) is 0 Å². The van der Waals surface area contributed by atoms with Gasteiger partial charge in [-0.15, -0.1) is 0 Å². The summed E-state index contributed by atoms with van der Waals surface area (Å²) in [5.41, 5.74) is 4.68. The van der Waals surface area contributed by atoms with Crippen molar-refractivity contribution in [2.75, 3.05) is 14.2 Å². The molecule has 0 radical (unpaired) electrons. The van der Waals surface area contributed by atoms with Gasteiger partial charge in [-0.05, 0) is 36.4 Å². The molecule has 0 unspecified atom stereocenters. The summed E-state index contributed by atoms with van der Waals surface area (Å²) in [7, 11) is 3.24. The molecule has 0 amide bonds. The van der Waals surface area contributed by atoms with Crippen molar-refractivity contribution < 1.29 is 9.47 Å². The van der Waals surface area contributed by atoms with Gasteiger partial charge in [-0.2, -0.15) is 0 Å². The minimum Gasteiger partial charge on any atom is -0.493 e. The molecule has 0 fully saturated rings. The third-order valence-corrected chi connectivity index (χ3v) is 5.37. The Labute approximate surface area is 181 Å². The second kappa shape index (κ2) is 7.42. The van der Waals surface area contributed by atoms with Crippen molar-refractivity contribution in [3.63, 3.8) is 0 Å². The molecule has 3 aromatic carbocycles. The predicted molar refractivity (Wildman–Crippen MR) is 120 cm³/mol. The van der Waals surface area contributed by atoms with E-state index >= 15 is 0 Å². The van der Waals surface area contributed by atoms with Crippen molar-refractivity contribution in [3.8, 4) is 28.6 Å². The molecule has 5 rings (SSSR count). The number of hydrogen-bond donors (Lipinski definition) is 0. The summed E-state index contributed by atoms with van der Waals surface area (Å²) in [6, 6.07) is 21.5. The van der Waals surface area contributed by atoms with Crippen LogP contribution in [0.4, 0.5) is 0 Å². The maximum atomic E-state index is 5.52. The van der Waals surface area contributed by atoms with Crippen molar-refractivity contribution >= 4 is 38.3 Å². The number of nitrogens with zero attached hydrogens (tertiary/aromatic N) is 4. The first kappa shape index (κ1) is 18.6. The number of imidazole rings is 1. The number of benzene rings is 3. The molecule has 6 nitrogen and oxygen atoms in total. The maximum Gasteiger partial charge on any atom is 0.199 e. The number of halogens is 1. The summed E-state index contributed by atoms with van der Waals surface area (Å²) >= 11 is 3.56. The Morgan fingerprint density at radius 2 is 1.53 bits per heavy atom. The molecule has 148 valence electrons. The molecule has 2 heterocycles. The van der Waals surface area contributed by atoms with E-state index in [1.807, 2.05) is 71.3 Å². The molecule has 30 heavy (non-hydrogen) atoms. The number of aromatic nitrogens is 4. The summed E-state index contributed by atoms with van der Waals surface area (Å²) in [6.07, 6.45) is 0. The van der Waals surface area contributed by atoms with Crippen molar-refractivity contribution in [2.24, 2.45) is 0 Å². The average Bonchev–Trinajstić information content (AvgIpc) is 3.15. The largest absolute Gasteiger partial charge is 0.493 e. The molecule has 0 saturated carbocycles. The van der Waals surface area contributed by atoms with Crippen LogP contribution in [-0.4, -0.2) is 33.7 Å². The van der Waals surface area contributed by atoms with Gasteiger partial charge in [0.05, 0.1) is 30.9 Å². The van der Waals surface area contributed by atoms with Crippen molar-refractivity contribution in [1.29, 1.82) is 0 Å². The van der Waals surface area contributed by atoms with Crippen LogP contribution >= 0.6 is 15.9 Å². The highest BCUT2D eigenvalue weighted by Crippen LogP contribution is 2.34. The van der Waals surface area contributed by atoms with E-state index in [4.69, 9.17) is 24.4 Å². The number of rotatable bonds is 4. The number of para-hydroxylation sites is 2. The zero-order chi connectivity index (χ0) is 20.7. The number of fused-ring (bicyclic) bond motifs is 2. The van der Waals surface area contributed by atoms with Gasteiger partial charge >= 0.3 is 0 Å². The summed E-state index contributed by atoms with van der Waals surface area (Å²) in [4.78, 5) is 14.5. The van der Waals surface area contributed by atoms with Gasteiger partial charge in [-0.3, -0.25) is 4.57 Å². The highest BCUT2D eigenvalue weighted by atomic mass is 79.9. The maximum absolute atomic E-state index is 5.52. The van der Waals surface area contributed by atoms with E-state index in [0.29, 0.717) is 22.8 Å². The number of methoxy groups -OCH3 is 2. The fourth-order valence-corrected chi connectivity index (χ4v) is 3.89. The number of hydrogen-bond acceptors (Lipinski definition) is 5. The third kappa shape index (κ3) is 3.07. The lowest BCUT2D eigenvalue weighted by molar-refractivity contribution is 0.355. The van der Waals surface area contributed by atoms with Gasteiger partial charge in [0.1, 0.15) is 5.82 Å². The summed E-state index contributed by atoms with van der Waals surface area (Å²) < 4.78 is 13.9. The summed E-state index contributed by atoms with van der Waals surface area (Å²) in [6.45, 7) is 0. The Kier molecular flexibility index (Phi) is 4.59. The average molecular weight is 461 g/mol. The SMILES string of the molecule is COc1ccc(-n2c(-c3cccc(Br)c3)nc3nc4ccccc4nc32)cc1OC. The van der Waals surface area contributed by atoms with Gasteiger partial charge in [0.2, 0.25) is 0 Å². The highest BCUT2D eigenvalue weighted by molar-refractivity contribution is 9.10. The molecule has 0 aliphatic rings. The molecule has 0 bridgehead atoms. The molecular weight excluding hydrogens is 444 g/mol. The molecule has 0 saturated heterocycles. The van der Waals surface area contributed by atoms with Gasteiger partial charge in [0.15, 0.2) is 22.8 Å². The van der Waals surface area contributed by atoms with Crippen LogP contribution in [0.15, 0.2) is 71.2 Å². The lowest BCUT2D eigenvalue weighted by Gasteiger charge is -2.13. The Morgan fingerprint density at radius 3 is 2.27 bits per heavy atom. The van der Waals surface area contributed by atoms with E-state index in [9.17, 15) is 0 Å². The Balaban J connectivity index is 1.85. The van der Waals surface area contributed by atoms with E-state index in [1.54, 1.807) is 14.2 Å². The van der Waals surface area contributed by atoms with E-state index in [0.717, 1.165) is 32.6 Å². The molecule has 0 aliphatic heterocycles.